The minimum absolute atomic E-state index is 0.309. The van der Waals surface area contributed by atoms with E-state index in [2.05, 4.69) is 15.1 Å². The van der Waals surface area contributed by atoms with Crippen LogP contribution in [0.25, 0.3) is 5.78 Å². The maximum Gasteiger partial charge on any atom is 0.252 e. The zero-order valence-electron chi connectivity index (χ0n) is 6.31. The van der Waals surface area contributed by atoms with Crippen LogP contribution >= 0.6 is 0 Å². The molecule has 0 atom stereocenters. The summed E-state index contributed by atoms with van der Waals surface area (Å²) in [5.41, 5.74) is 11.4. The van der Waals surface area contributed by atoms with Crippen LogP contribution in [-0.2, 0) is 6.54 Å². The Morgan fingerprint density at radius 3 is 3.08 bits per heavy atom. The van der Waals surface area contributed by atoms with E-state index in [0.717, 1.165) is 0 Å². The van der Waals surface area contributed by atoms with Crippen molar-refractivity contribution in [2.24, 2.45) is 5.73 Å². The van der Waals surface area contributed by atoms with E-state index in [-0.39, 0.29) is 0 Å². The van der Waals surface area contributed by atoms with Crippen LogP contribution in [0.3, 0.4) is 0 Å². The van der Waals surface area contributed by atoms with Gasteiger partial charge in [0.1, 0.15) is 0 Å². The summed E-state index contributed by atoms with van der Waals surface area (Å²) in [7, 11) is 0. The fourth-order valence-electron chi connectivity index (χ4n) is 0.926. The maximum absolute atomic E-state index is 5.49. The first-order valence-electron chi connectivity index (χ1n) is 3.46. The van der Waals surface area contributed by atoms with Gasteiger partial charge in [-0.1, -0.05) is 0 Å². The Hall–Kier alpha value is -1.69. The molecule has 0 aliphatic rings. The largest absolute Gasteiger partial charge is 0.396 e. The Kier molecular flexibility index (Phi) is 1.41. The highest BCUT2D eigenvalue weighted by Crippen LogP contribution is 2.01. The monoisotopic (exact) mass is 164 g/mol. The third-order valence-electron chi connectivity index (χ3n) is 1.44. The molecule has 0 spiro atoms. The molecule has 0 aromatic carbocycles. The second-order valence-corrected chi connectivity index (χ2v) is 2.36. The highest BCUT2D eigenvalue weighted by Gasteiger charge is 2.01. The van der Waals surface area contributed by atoms with Gasteiger partial charge in [0.05, 0.1) is 24.6 Å². The third-order valence-corrected chi connectivity index (χ3v) is 1.44. The average Bonchev–Trinajstić information content (AvgIpc) is 2.46. The molecule has 0 aliphatic carbocycles. The predicted octanol–water partition coefficient (Wildman–Crippen LogP) is -0.835. The normalized spacial score (nSPS) is 10.8. The first-order chi connectivity index (χ1) is 5.79. The lowest BCUT2D eigenvalue weighted by atomic mass is 10.6. The van der Waals surface area contributed by atoms with E-state index < -0.39 is 0 Å². The molecule has 0 radical (unpaired) electrons. The molecule has 0 saturated heterocycles. The summed E-state index contributed by atoms with van der Waals surface area (Å²) in [6.07, 6.45) is 3.18. The summed E-state index contributed by atoms with van der Waals surface area (Å²) in [5.74, 6) is 1.08. The molecule has 2 rings (SSSR count). The van der Waals surface area contributed by atoms with Gasteiger partial charge in [0.15, 0.2) is 5.82 Å². The lowest BCUT2D eigenvalue weighted by Crippen LogP contribution is -1.98. The number of aromatic nitrogens is 4. The fraction of sp³-hybridized carbons (Fsp3) is 0.167. The third kappa shape index (κ3) is 0.978. The molecule has 0 fully saturated rings. The summed E-state index contributed by atoms with van der Waals surface area (Å²) in [6, 6.07) is 0. The molecule has 6 heteroatoms. The van der Waals surface area contributed by atoms with E-state index in [4.69, 9.17) is 11.5 Å². The van der Waals surface area contributed by atoms with Crippen LogP contribution in [0.1, 0.15) is 5.82 Å². The summed E-state index contributed by atoms with van der Waals surface area (Å²) in [4.78, 5) is 7.99. The first-order valence-corrected chi connectivity index (χ1v) is 3.46. The van der Waals surface area contributed by atoms with Crippen LogP contribution in [0.15, 0.2) is 12.4 Å². The molecule has 0 bridgehead atoms. The molecule has 0 aliphatic heterocycles. The van der Waals surface area contributed by atoms with Gasteiger partial charge >= 0.3 is 0 Å². The zero-order chi connectivity index (χ0) is 8.55. The van der Waals surface area contributed by atoms with Gasteiger partial charge in [0, 0.05) is 0 Å². The van der Waals surface area contributed by atoms with E-state index in [1.54, 1.807) is 6.20 Å². The van der Waals surface area contributed by atoms with Crippen molar-refractivity contribution in [3.05, 3.63) is 18.2 Å². The smallest absolute Gasteiger partial charge is 0.252 e. The second kappa shape index (κ2) is 2.42. The van der Waals surface area contributed by atoms with Crippen LogP contribution in [0.2, 0.25) is 0 Å². The van der Waals surface area contributed by atoms with E-state index in [9.17, 15) is 0 Å². The van der Waals surface area contributed by atoms with E-state index >= 15 is 0 Å². The molecule has 2 aromatic heterocycles. The lowest BCUT2D eigenvalue weighted by Gasteiger charge is -1.90. The molecular formula is C6H8N6. The van der Waals surface area contributed by atoms with E-state index in [0.29, 0.717) is 23.8 Å². The Morgan fingerprint density at radius 2 is 2.33 bits per heavy atom. The standard InChI is InChI=1S/C6H8N6/c7-1-5-10-6-9-2-4(8)3-12(6)11-5/h2-3H,1,7-8H2. The molecule has 2 aromatic rings. The number of hydrogen-bond donors (Lipinski definition) is 2. The van der Waals surface area contributed by atoms with Crippen LogP contribution in [0.5, 0.6) is 0 Å². The lowest BCUT2D eigenvalue weighted by molar-refractivity contribution is 0.866. The van der Waals surface area contributed by atoms with Crippen molar-refractivity contribution >= 4 is 11.5 Å². The summed E-state index contributed by atoms with van der Waals surface area (Å²) in [5, 5.41) is 4.03. The van der Waals surface area contributed by atoms with Gasteiger partial charge in [0.25, 0.3) is 5.78 Å². The van der Waals surface area contributed by atoms with Crippen LogP contribution in [0.4, 0.5) is 5.69 Å². The minimum atomic E-state index is 0.309. The van der Waals surface area contributed by atoms with Gasteiger partial charge in [-0.3, -0.25) is 0 Å². The first kappa shape index (κ1) is 6.99. The van der Waals surface area contributed by atoms with Gasteiger partial charge in [-0.2, -0.15) is 4.98 Å². The Bertz CT molecular complexity index is 405. The number of nitrogens with two attached hydrogens (primary N) is 2. The topological polar surface area (TPSA) is 95.1 Å². The molecule has 6 nitrogen and oxygen atoms in total. The molecule has 0 unspecified atom stereocenters. The Labute approximate surface area is 68.2 Å². The zero-order valence-corrected chi connectivity index (χ0v) is 6.31. The highest BCUT2D eigenvalue weighted by molar-refractivity contribution is 5.37. The van der Waals surface area contributed by atoms with Crippen molar-refractivity contribution in [3.8, 4) is 0 Å². The number of nitrogen functional groups attached to an aromatic ring is 1. The van der Waals surface area contributed by atoms with Crippen LogP contribution < -0.4 is 11.5 Å². The van der Waals surface area contributed by atoms with E-state index in [1.165, 1.54) is 10.7 Å². The molecule has 12 heavy (non-hydrogen) atoms. The fourth-order valence-corrected chi connectivity index (χ4v) is 0.926. The minimum Gasteiger partial charge on any atom is -0.396 e. The molecular weight excluding hydrogens is 156 g/mol. The van der Waals surface area contributed by atoms with Gasteiger partial charge < -0.3 is 11.5 Å². The van der Waals surface area contributed by atoms with Crippen molar-refractivity contribution in [1.29, 1.82) is 0 Å². The number of fused-ring (bicyclic) bond motifs is 1. The van der Waals surface area contributed by atoms with Crippen molar-refractivity contribution in [1.82, 2.24) is 19.6 Å². The number of hydrogen-bond acceptors (Lipinski definition) is 5. The molecule has 0 amide bonds. The van der Waals surface area contributed by atoms with Gasteiger partial charge in [-0.25, -0.2) is 9.50 Å². The SMILES string of the molecule is NCc1nc2ncc(N)cn2n1. The summed E-state index contributed by atoms with van der Waals surface area (Å²) >= 11 is 0. The van der Waals surface area contributed by atoms with Crippen molar-refractivity contribution in [2.75, 3.05) is 5.73 Å². The maximum atomic E-state index is 5.49. The molecule has 62 valence electrons. The van der Waals surface area contributed by atoms with Crippen molar-refractivity contribution in [3.63, 3.8) is 0 Å². The number of nitrogens with zero attached hydrogens (tertiary/aromatic N) is 4. The quantitative estimate of drug-likeness (QED) is 0.573. The Morgan fingerprint density at radius 1 is 1.50 bits per heavy atom. The number of anilines is 1. The van der Waals surface area contributed by atoms with Crippen LogP contribution in [-0.4, -0.2) is 19.6 Å². The van der Waals surface area contributed by atoms with Gasteiger partial charge in [0.2, 0.25) is 0 Å². The van der Waals surface area contributed by atoms with Gasteiger partial charge in [-0.15, -0.1) is 5.10 Å². The summed E-state index contributed by atoms with van der Waals surface area (Å²) in [6.45, 7) is 0.309. The van der Waals surface area contributed by atoms with Gasteiger partial charge in [-0.05, 0) is 0 Å². The molecule has 2 heterocycles. The summed E-state index contributed by atoms with van der Waals surface area (Å²) < 4.78 is 1.51. The number of rotatable bonds is 1. The highest BCUT2D eigenvalue weighted by atomic mass is 15.3. The average molecular weight is 164 g/mol. The Balaban J connectivity index is 2.67. The van der Waals surface area contributed by atoms with E-state index in [1.807, 2.05) is 0 Å². The van der Waals surface area contributed by atoms with Crippen LogP contribution in [0, 0.1) is 0 Å². The molecule has 0 saturated carbocycles. The molecule has 4 N–H and O–H groups in total. The second-order valence-electron chi connectivity index (χ2n) is 2.36. The predicted molar refractivity (Wildman–Crippen MR) is 43.1 cm³/mol. The van der Waals surface area contributed by atoms with Crippen molar-refractivity contribution < 1.29 is 0 Å². The van der Waals surface area contributed by atoms with Crippen molar-refractivity contribution in [2.45, 2.75) is 6.54 Å².